The van der Waals surface area contributed by atoms with Gasteiger partial charge in [0.15, 0.2) is 6.29 Å². The van der Waals surface area contributed by atoms with Gasteiger partial charge in [-0.05, 0) is 29.3 Å². The van der Waals surface area contributed by atoms with Crippen LogP contribution in [-0.2, 0) is 0 Å². The van der Waals surface area contributed by atoms with Crippen molar-refractivity contribution >= 4 is 17.1 Å². The van der Waals surface area contributed by atoms with Gasteiger partial charge in [-0.3, -0.25) is 4.79 Å². The van der Waals surface area contributed by atoms with E-state index in [9.17, 15) is 4.79 Å². The highest BCUT2D eigenvalue weighted by molar-refractivity contribution is 5.92. The van der Waals surface area contributed by atoms with E-state index in [1.54, 1.807) is 0 Å². The Bertz CT molecular complexity index is 575. The number of unbranched alkanes of at least 4 members (excludes halogenated alkanes) is 5. The summed E-state index contributed by atoms with van der Waals surface area (Å²) in [7, 11) is 0. The maximum atomic E-state index is 11.2. The molecule has 0 aliphatic heterocycles. The molecule has 0 unspecified atom stereocenters. The van der Waals surface area contributed by atoms with Gasteiger partial charge < -0.3 is 4.74 Å². The lowest BCUT2D eigenvalue weighted by Crippen LogP contribution is -2.00. The summed E-state index contributed by atoms with van der Waals surface area (Å²) in [6, 6.07) is 11.9. The van der Waals surface area contributed by atoms with Crippen molar-refractivity contribution in [1.82, 2.24) is 0 Å². The average Bonchev–Trinajstić information content (AvgIpc) is 2.53. The zero-order valence-electron chi connectivity index (χ0n) is 12.8. The number of hydrogen-bond acceptors (Lipinski definition) is 2. The maximum absolute atomic E-state index is 11.2. The van der Waals surface area contributed by atoms with Crippen LogP contribution in [0.15, 0.2) is 36.4 Å². The number of ether oxygens (including phenoxy) is 1. The van der Waals surface area contributed by atoms with Gasteiger partial charge in [0.1, 0.15) is 5.75 Å². The SMILES string of the molecule is CCCCCCCCOc1cc2ccccc2cc1C=O. The Morgan fingerprint density at radius 1 is 0.952 bits per heavy atom. The first-order valence-electron chi connectivity index (χ1n) is 7.96. The minimum absolute atomic E-state index is 0.639. The molecule has 0 aliphatic carbocycles. The zero-order valence-corrected chi connectivity index (χ0v) is 12.8. The Labute approximate surface area is 127 Å². The Balaban J connectivity index is 1.90. The molecule has 2 rings (SSSR count). The van der Waals surface area contributed by atoms with E-state index in [4.69, 9.17) is 4.74 Å². The molecular weight excluding hydrogens is 260 g/mol. The molecule has 2 nitrogen and oxygen atoms in total. The Morgan fingerprint density at radius 3 is 2.33 bits per heavy atom. The topological polar surface area (TPSA) is 26.3 Å². The number of rotatable bonds is 9. The second kappa shape index (κ2) is 8.46. The van der Waals surface area contributed by atoms with Gasteiger partial charge >= 0.3 is 0 Å². The molecule has 0 N–H and O–H groups in total. The van der Waals surface area contributed by atoms with E-state index in [-0.39, 0.29) is 0 Å². The molecule has 2 aromatic rings. The fraction of sp³-hybridized carbons (Fsp3) is 0.421. The van der Waals surface area contributed by atoms with Gasteiger partial charge in [-0.1, -0.05) is 63.3 Å². The van der Waals surface area contributed by atoms with Crippen molar-refractivity contribution < 1.29 is 9.53 Å². The van der Waals surface area contributed by atoms with E-state index < -0.39 is 0 Å². The summed E-state index contributed by atoms with van der Waals surface area (Å²) in [6.45, 7) is 2.91. The number of carbonyl (C=O) groups excluding carboxylic acids is 1. The maximum Gasteiger partial charge on any atom is 0.153 e. The van der Waals surface area contributed by atoms with Crippen LogP contribution in [0.5, 0.6) is 5.75 Å². The number of aldehydes is 1. The van der Waals surface area contributed by atoms with Crippen molar-refractivity contribution in [2.75, 3.05) is 6.61 Å². The average molecular weight is 284 g/mol. The van der Waals surface area contributed by atoms with Crippen LogP contribution in [0.25, 0.3) is 10.8 Å². The molecule has 0 radical (unpaired) electrons. The first kappa shape index (κ1) is 15.6. The van der Waals surface area contributed by atoms with E-state index in [0.717, 1.165) is 23.5 Å². The summed E-state index contributed by atoms with van der Waals surface area (Å²) < 4.78 is 5.81. The summed E-state index contributed by atoms with van der Waals surface area (Å²) >= 11 is 0. The van der Waals surface area contributed by atoms with Crippen molar-refractivity contribution in [3.63, 3.8) is 0 Å². The van der Waals surface area contributed by atoms with Crippen LogP contribution in [0, 0.1) is 0 Å². The molecule has 0 aromatic heterocycles. The largest absolute Gasteiger partial charge is 0.493 e. The van der Waals surface area contributed by atoms with E-state index >= 15 is 0 Å². The van der Waals surface area contributed by atoms with E-state index in [0.29, 0.717) is 17.9 Å². The van der Waals surface area contributed by atoms with Crippen molar-refractivity contribution in [2.24, 2.45) is 0 Å². The molecule has 0 bridgehead atoms. The second-order valence-corrected chi connectivity index (χ2v) is 5.47. The molecular formula is C19H24O2. The normalized spacial score (nSPS) is 10.7. The lowest BCUT2D eigenvalue weighted by molar-refractivity contribution is 0.111. The third kappa shape index (κ3) is 4.59. The smallest absolute Gasteiger partial charge is 0.153 e. The van der Waals surface area contributed by atoms with Gasteiger partial charge in [-0.25, -0.2) is 0 Å². The highest BCUT2D eigenvalue weighted by Gasteiger charge is 2.05. The van der Waals surface area contributed by atoms with Gasteiger partial charge in [-0.2, -0.15) is 0 Å². The van der Waals surface area contributed by atoms with Crippen LogP contribution >= 0.6 is 0 Å². The van der Waals surface area contributed by atoms with Gasteiger partial charge in [0, 0.05) is 0 Å². The standard InChI is InChI=1S/C19H24O2/c1-2-3-4-5-6-9-12-21-19-14-17-11-8-7-10-16(17)13-18(19)15-20/h7-8,10-11,13-15H,2-6,9,12H2,1H3. The van der Waals surface area contributed by atoms with E-state index in [1.807, 2.05) is 36.4 Å². The monoisotopic (exact) mass is 284 g/mol. The predicted molar refractivity (Wildman–Crippen MR) is 88.2 cm³/mol. The molecule has 0 heterocycles. The molecule has 2 aromatic carbocycles. The molecule has 21 heavy (non-hydrogen) atoms. The van der Waals surface area contributed by atoms with Crippen molar-refractivity contribution in [3.05, 3.63) is 42.0 Å². The van der Waals surface area contributed by atoms with Crippen molar-refractivity contribution in [3.8, 4) is 5.75 Å². The lowest BCUT2D eigenvalue weighted by Gasteiger charge is -2.10. The Hall–Kier alpha value is -1.83. The lowest BCUT2D eigenvalue weighted by atomic mass is 10.1. The third-order valence-corrected chi connectivity index (χ3v) is 3.76. The number of benzene rings is 2. The van der Waals surface area contributed by atoms with Gasteiger partial charge in [0.2, 0.25) is 0 Å². The molecule has 0 amide bonds. The highest BCUT2D eigenvalue weighted by Crippen LogP contribution is 2.25. The van der Waals surface area contributed by atoms with Gasteiger partial charge in [0.25, 0.3) is 0 Å². The Morgan fingerprint density at radius 2 is 1.62 bits per heavy atom. The fourth-order valence-electron chi connectivity index (χ4n) is 2.52. The van der Waals surface area contributed by atoms with Gasteiger partial charge in [0.05, 0.1) is 12.2 Å². The highest BCUT2D eigenvalue weighted by atomic mass is 16.5. The van der Waals surface area contributed by atoms with Crippen molar-refractivity contribution in [2.45, 2.75) is 45.4 Å². The van der Waals surface area contributed by atoms with Crippen LogP contribution in [0.1, 0.15) is 55.8 Å². The van der Waals surface area contributed by atoms with Gasteiger partial charge in [-0.15, -0.1) is 0 Å². The van der Waals surface area contributed by atoms with E-state index in [1.165, 1.54) is 32.1 Å². The summed E-state index contributed by atoms with van der Waals surface area (Å²) in [5, 5.41) is 2.19. The molecule has 0 saturated carbocycles. The molecule has 0 saturated heterocycles. The quantitative estimate of drug-likeness (QED) is 0.455. The Kier molecular flexibility index (Phi) is 6.26. The number of hydrogen-bond donors (Lipinski definition) is 0. The number of fused-ring (bicyclic) bond motifs is 1. The summed E-state index contributed by atoms with van der Waals surface area (Å²) in [4.78, 5) is 11.2. The zero-order chi connectivity index (χ0) is 14.9. The van der Waals surface area contributed by atoms with Crippen LogP contribution in [0.4, 0.5) is 0 Å². The summed E-state index contributed by atoms with van der Waals surface area (Å²) in [5.74, 6) is 0.706. The molecule has 0 atom stereocenters. The second-order valence-electron chi connectivity index (χ2n) is 5.47. The van der Waals surface area contributed by atoms with Crippen molar-refractivity contribution in [1.29, 1.82) is 0 Å². The minimum atomic E-state index is 0.639. The first-order chi connectivity index (χ1) is 10.3. The summed E-state index contributed by atoms with van der Waals surface area (Å²) in [5.41, 5.74) is 0.639. The predicted octanol–water partition coefficient (Wildman–Crippen LogP) is 5.39. The van der Waals surface area contributed by atoms with Crippen LogP contribution in [-0.4, -0.2) is 12.9 Å². The third-order valence-electron chi connectivity index (χ3n) is 3.76. The summed E-state index contributed by atoms with van der Waals surface area (Å²) in [6.07, 6.45) is 8.31. The first-order valence-corrected chi connectivity index (χ1v) is 7.96. The molecule has 0 fully saturated rings. The minimum Gasteiger partial charge on any atom is -0.493 e. The molecule has 0 aliphatic rings. The van der Waals surface area contributed by atoms with E-state index in [2.05, 4.69) is 6.92 Å². The molecule has 112 valence electrons. The van der Waals surface area contributed by atoms with Crippen LogP contribution < -0.4 is 4.74 Å². The van der Waals surface area contributed by atoms with Crippen LogP contribution in [0.3, 0.4) is 0 Å². The van der Waals surface area contributed by atoms with Crippen LogP contribution in [0.2, 0.25) is 0 Å². The fourth-order valence-corrected chi connectivity index (χ4v) is 2.52. The molecule has 0 spiro atoms. The number of carbonyl (C=O) groups is 1. The molecule has 2 heteroatoms.